The molecule has 20 heavy (non-hydrogen) atoms. The zero-order chi connectivity index (χ0) is 14.4. The lowest BCUT2D eigenvalue weighted by atomic mass is 10.2. The van der Waals surface area contributed by atoms with E-state index in [1.165, 1.54) is 0 Å². The standard InChI is InChI=1S/C14H18N4O2/c1-2-5-16-14(19)13-10-20-7-6-18(13)12-4-3-11(8-15)17-9-12/h3-4,9,13H,2,5-7,10H2,1H3,(H,16,19). The molecule has 0 spiro atoms. The maximum absolute atomic E-state index is 12.2. The number of carbonyl (C=O) groups excluding carboxylic acids is 1. The molecule has 1 saturated heterocycles. The van der Waals surface area contributed by atoms with Crippen LogP contribution in [-0.4, -0.2) is 43.2 Å². The average molecular weight is 274 g/mol. The van der Waals surface area contributed by atoms with Gasteiger partial charge in [0.1, 0.15) is 17.8 Å². The molecule has 1 N–H and O–H groups in total. The molecule has 1 aromatic heterocycles. The van der Waals surface area contributed by atoms with Gasteiger partial charge in [0.15, 0.2) is 0 Å². The summed E-state index contributed by atoms with van der Waals surface area (Å²) in [5, 5.41) is 11.7. The second-order valence-corrected chi connectivity index (χ2v) is 4.59. The molecule has 2 heterocycles. The van der Waals surface area contributed by atoms with Gasteiger partial charge in [-0.2, -0.15) is 5.26 Å². The Kier molecular flexibility index (Phi) is 4.91. The van der Waals surface area contributed by atoms with E-state index < -0.39 is 0 Å². The van der Waals surface area contributed by atoms with Gasteiger partial charge in [0.2, 0.25) is 5.91 Å². The minimum Gasteiger partial charge on any atom is -0.377 e. The third kappa shape index (κ3) is 3.25. The maximum atomic E-state index is 12.2. The first-order valence-corrected chi connectivity index (χ1v) is 6.74. The van der Waals surface area contributed by atoms with Crippen LogP contribution in [0.25, 0.3) is 0 Å². The molecule has 0 bridgehead atoms. The lowest BCUT2D eigenvalue weighted by Crippen LogP contribution is -2.54. The molecule has 1 unspecified atom stereocenters. The van der Waals surface area contributed by atoms with E-state index >= 15 is 0 Å². The SMILES string of the molecule is CCCNC(=O)C1COCCN1c1ccc(C#N)nc1. The smallest absolute Gasteiger partial charge is 0.245 e. The molecule has 1 aromatic rings. The molecule has 1 fully saturated rings. The summed E-state index contributed by atoms with van der Waals surface area (Å²) in [7, 11) is 0. The molecule has 1 amide bonds. The van der Waals surface area contributed by atoms with Gasteiger partial charge in [-0.25, -0.2) is 4.98 Å². The van der Waals surface area contributed by atoms with Crippen molar-refractivity contribution in [3.63, 3.8) is 0 Å². The number of nitrogens with one attached hydrogen (secondary N) is 1. The Morgan fingerprint density at radius 3 is 3.15 bits per heavy atom. The number of nitrogens with zero attached hydrogens (tertiary/aromatic N) is 3. The highest BCUT2D eigenvalue weighted by Crippen LogP contribution is 2.19. The third-order valence-electron chi connectivity index (χ3n) is 3.17. The van der Waals surface area contributed by atoms with Gasteiger partial charge in [-0.1, -0.05) is 6.92 Å². The van der Waals surface area contributed by atoms with Gasteiger partial charge in [0.25, 0.3) is 0 Å². The first kappa shape index (κ1) is 14.3. The molecule has 1 atom stereocenters. The van der Waals surface area contributed by atoms with Gasteiger partial charge >= 0.3 is 0 Å². The summed E-state index contributed by atoms with van der Waals surface area (Å²) in [6.07, 6.45) is 2.53. The Morgan fingerprint density at radius 1 is 1.65 bits per heavy atom. The number of pyridine rings is 1. The fourth-order valence-corrected chi connectivity index (χ4v) is 2.12. The Labute approximate surface area is 118 Å². The molecule has 2 rings (SSSR count). The third-order valence-corrected chi connectivity index (χ3v) is 3.17. The van der Waals surface area contributed by atoms with Crippen molar-refractivity contribution in [3.8, 4) is 6.07 Å². The molecule has 6 heteroatoms. The highest BCUT2D eigenvalue weighted by Gasteiger charge is 2.29. The van der Waals surface area contributed by atoms with E-state index in [0.717, 1.165) is 12.1 Å². The van der Waals surface area contributed by atoms with E-state index in [1.807, 2.05) is 24.0 Å². The van der Waals surface area contributed by atoms with Crippen LogP contribution in [0.2, 0.25) is 0 Å². The monoisotopic (exact) mass is 274 g/mol. The predicted octanol–water partition coefficient (Wildman–Crippen LogP) is 0.685. The van der Waals surface area contributed by atoms with Gasteiger partial charge in [0.05, 0.1) is 25.1 Å². The minimum absolute atomic E-state index is 0.0316. The normalized spacial score (nSPS) is 18.4. The summed E-state index contributed by atoms with van der Waals surface area (Å²) in [5.74, 6) is -0.0316. The number of carbonyl (C=O) groups is 1. The van der Waals surface area contributed by atoms with E-state index in [2.05, 4.69) is 10.3 Å². The Balaban J connectivity index is 2.13. The number of rotatable bonds is 4. The molecule has 106 valence electrons. The number of hydrogen-bond donors (Lipinski definition) is 1. The Hall–Kier alpha value is -2.13. The number of anilines is 1. The van der Waals surface area contributed by atoms with Crippen LogP contribution in [0.15, 0.2) is 18.3 Å². The molecule has 0 aliphatic carbocycles. The zero-order valence-corrected chi connectivity index (χ0v) is 11.5. The van der Waals surface area contributed by atoms with Crippen molar-refractivity contribution in [1.29, 1.82) is 5.26 Å². The summed E-state index contributed by atoms with van der Waals surface area (Å²) in [6.45, 7) is 4.26. The molecule has 0 radical (unpaired) electrons. The average Bonchev–Trinajstić information content (AvgIpc) is 2.52. The summed E-state index contributed by atoms with van der Waals surface area (Å²) in [6, 6.07) is 5.12. The van der Waals surface area contributed by atoms with Gasteiger partial charge in [-0.15, -0.1) is 0 Å². The van der Waals surface area contributed by atoms with Crippen molar-refractivity contribution in [2.45, 2.75) is 19.4 Å². The molecule has 6 nitrogen and oxygen atoms in total. The summed E-state index contributed by atoms with van der Waals surface area (Å²) in [4.78, 5) is 18.2. The summed E-state index contributed by atoms with van der Waals surface area (Å²) in [5.41, 5.74) is 1.21. The molecular weight excluding hydrogens is 256 g/mol. The van der Waals surface area contributed by atoms with Crippen LogP contribution in [0.5, 0.6) is 0 Å². The van der Waals surface area contributed by atoms with E-state index in [1.54, 1.807) is 12.3 Å². The second-order valence-electron chi connectivity index (χ2n) is 4.59. The number of hydrogen-bond acceptors (Lipinski definition) is 5. The van der Waals surface area contributed by atoms with E-state index in [9.17, 15) is 4.79 Å². The lowest BCUT2D eigenvalue weighted by molar-refractivity contribution is -0.124. The fourth-order valence-electron chi connectivity index (χ4n) is 2.12. The predicted molar refractivity (Wildman–Crippen MR) is 74.2 cm³/mol. The van der Waals surface area contributed by atoms with Crippen LogP contribution in [0, 0.1) is 11.3 Å². The van der Waals surface area contributed by atoms with Crippen molar-refractivity contribution in [2.75, 3.05) is 31.2 Å². The van der Waals surface area contributed by atoms with Crippen LogP contribution in [0.1, 0.15) is 19.0 Å². The highest BCUT2D eigenvalue weighted by molar-refractivity contribution is 5.85. The number of aromatic nitrogens is 1. The van der Waals surface area contributed by atoms with E-state index in [4.69, 9.17) is 10.00 Å². The summed E-state index contributed by atoms with van der Waals surface area (Å²) >= 11 is 0. The number of nitriles is 1. The van der Waals surface area contributed by atoms with Crippen molar-refractivity contribution < 1.29 is 9.53 Å². The molecule has 0 saturated carbocycles. The van der Waals surface area contributed by atoms with Crippen LogP contribution in [0.4, 0.5) is 5.69 Å². The first-order valence-electron chi connectivity index (χ1n) is 6.74. The first-order chi connectivity index (χ1) is 9.76. The lowest BCUT2D eigenvalue weighted by Gasteiger charge is -2.36. The van der Waals surface area contributed by atoms with Crippen molar-refractivity contribution in [2.24, 2.45) is 0 Å². The van der Waals surface area contributed by atoms with E-state index in [0.29, 0.717) is 32.0 Å². The van der Waals surface area contributed by atoms with Gasteiger partial charge in [-0.3, -0.25) is 4.79 Å². The van der Waals surface area contributed by atoms with Crippen LogP contribution < -0.4 is 10.2 Å². The quantitative estimate of drug-likeness (QED) is 0.873. The van der Waals surface area contributed by atoms with Crippen molar-refractivity contribution in [3.05, 3.63) is 24.0 Å². The number of amides is 1. The van der Waals surface area contributed by atoms with E-state index in [-0.39, 0.29) is 11.9 Å². The molecule has 1 aliphatic rings. The Morgan fingerprint density at radius 2 is 2.50 bits per heavy atom. The van der Waals surface area contributed by atoms with Gasteiger partial charge in [-0.05, 0) is 18.6 Å². The molecule has 1 aliphatic heterocycles. The van der Waals surface area contributed by atoms with Crippen LogP contribution >= 0.6 is 0 Å². The highest BCUT2D eigenvalue weighted by atomic mass is 16.5. The van der Waals surface area contributed by atoms with Crippen molar-refractivity contribution in [1.82, 2.24) is 10.3 Å². The largest absolute Gasteiger partial charge is 0.377 e. The summed E-state index contributed by atoms with van der Waals surface area (Å²) < 4.78 is 5.40. The second kappa shape index (κ2) is 6.87. The molecular formula is C14H18N4O2. The zero-order valence-electron chi connectivity index (χ0n) is 11.5. The van der Waals surface area contributed by atoms with Gasteiger partial charge in [0, 0.05) is 13.1 Å². The van der Waals surface area contributed by atoms with Crippen LogP contribution in [-0.2, 0) is 9.53 Å². The number of ether oxygens (including phenoxy) is 1. The van der Waals surface area contributed by atoms with Crippen LogP contribution in [0.3, 0.4) is 0 Å². The maximum Gasteiger partial charge on any atom is 0.245 e. The fraction of sp³-hybridized carbons (Fsp3) is 0.500. The van der Waals surface area contributed by atoms with Crippen molar-refractivity contribution >= 4 is 11.6 Å². The number of morpholine rings is 1. The minimum atomic E-state index is -0.343. The molecule has 0 aromatic carbocycles. The van der Waals surface area contributed by atoms with Gasteiger partial charge < -0.3 is 15.0 Å². The topological polar surface area (TPSA) is 78.2 Å². The Bertz CT molecular complexity index is 495.